The molecule has 110 valence electrons. The van der Waals surface area contributed by atoms with Gasteiger partial charge in [0, 0.05) is 11.8 Å². The van der Waals surface area contributed by atoms with Crippen molar-refractivity contribution in [2.45, 2.75) is 19.4 Å². The standard InChI is InChI=1S/C13H17NO5S/c1-9-4-3-5-10(8-9)12(15)14-11(13(16)17)6-7-20(2,18)19/h3-5,8,11H,6-7H2,1-2H3,(H,14,15)(H,16,17)/t11-/m1/s1. The Kier molecular flexibility index (Phi) is 5.26. The summed E-state index contributed by atoms with van der Waals surface area (Å²) in [6.45, 7) is 1.81. The monoisotopic (exact) mass is 299 g/mol. The van der Waals surface area contributed by atoms with Crippen molar-refractivity contribution < 1.29 is 23.1 Å². The quantitative estimate of drug-likeness (QED) is 0.801. The van der Waals surface area contributed by atoms with Gasteiger partial charge in [-0.2, -0.15) is 0 Å². The lowest BCUT2D eigenvalue weighted by atomic mass is 10.1. The molecule has 1 aromatic rings. The molecule has 0 aromatic heterocycles. The van der Waals surface area contributed by atoms with Crippen molar-refractivity contribution in [2.75, 3.05) is 12.0 Å². The molecule has 0 saturated heterocycles. The molecule has 1 rings (SSSR count). The summed E-state index contributed by atoms with van der Waals surface area (Å²) < 4.78 is 22.1. The second-order valence-electron chi connectivity index (χ2n) is 4.65. The van der Waals surface area contributed by atoms with Crippen molar-refractivity contribution >= 4 is 21.7 Å². The Morgan fingerprint density at radius 3 is 2.50 bits per heavy atom. The van der Waals surface area contributed by atoms with Crippen LogP contribution in [0.3, 0.4) is 0 Å². The summed E-state index contributed by atoms with van der Waals surface area (Å²) in [6.07, 6.45) is 0.861. The Bertz CT molecular complexity index is 609. The van der Waals surface area contributed by atoms with Gasteiger partial charge in [0.25, 0.3) is 5.91 Å². The normalized spacial score (nSPS) is 12.7. The molecule has 0 aliphatic heterocycles. The number of nitrogens with one attached hydrogen (secondary N) is 1. The number of carboxylic acids is 1. The van der Waals surface area contributed by atoms with Crippen LogP contribution in [0.15, 0.2) is 24.3 Å². The summed E-state index contributed by atoms with van der Waals surface area (Å²) in [7, 11) is -3.27. The van der Waals surface area contributed by atoms with Gasteiger partial charge < -0.3 is 10.4 Å². The summed E-state index contributed by atoms with van der Waals surface area (Å²) >= 11 is 0. The minimum absolute atomic E-state index is 0.161. The Morgan fingerprint density at radius 1 is 1.35 bits per heavy atom. The van der Waals surface area contributed by atoms with Crippen LogP contribution in [-0.4, -0.2) is 43.5 Å². The lowest BCUT2D eigenvalue weighted by Gasteiger charge is -2.14. The van der Waals surface area contributed by atoms with Crippen LogP contribution >= 0.6 is 0 Å². The third-order valence-corrected chi connectivity index (χ3v) is 3.64. The lowest BCUT2D eigenvalue weighted by Crippen LogP contribution is -2.41. The van der Waals surface area contributed by atoms with Gasteiger partial charge in [-0.05, 0) is 25.5 Å². The number of aliphatic carboxylic acids is 1. The second-order valence-corrected chi connectivity index (χ2v) is 6.91. The van der Waals surface area contributed by atoms with Gasteiger partial charge in [0.15, 0.2) is 0 Å². The molecule has 1 amide bonds. The third kappa shape index (κ3) is 5.40. The average Bonchev–Trinajstić information content (AvgIpc) is 2.32. The molecule has 6 nitrogen and oxygen atoms in total. The predicted octanol–water partition coefficient (Wildman–Crippen LogP) is 0.613. The van der Waals surface area contributed by atoms with Crippen molar-refractivity contribution in [3.8, 4) is 0 Å². The van der Waals surface area contributed by atoms with Crippen LogP contribution in [0.2, 0.25) is 0 Å². The van der Waals surface area contributed by atoms with E-state index in [0.717, 1.165) is 11.8 Å². The predicted molar refractivity (Wildman–Crippen MR) is 74.4 cm³/mol. The molecule has 0 spiro atoms. The zero-order chi connectivity index (χ0) is 15.3. The van der Waals surface area contributed by atoms with Crippen LogP contribution in [-0.2, 0) is 14.6 Å². The average molecular weight is 299 g/mol. The van der Waals surface area contributed by atoms with E-state index in [1.165, 1.54) is 0 Å². The molecule has 0 fully saturated rings. The first-order valence-corrected chi connectivity index (χ1v) is 8.03. The van der Waals surface area contributed by atoms with Crippen LogP contribution in [0, 0.1) is 6.92 Å². The van der Waals surface area contributed by atoms with Crippen molar-refractivity contribution in [1.82, 2.24) is 5.32 Å². The first-order chi connectivity index (χ1) is 9.19. The number of benzene rings is 1. The highest BCUT2D eigenvalue weighted by Gasteiger charge is 2.22. The molecule has 0 radical (unpaired) electrons. The molecule has 7 heteroatoms. The molecule has 0 aliphatic carbocycles. The fourth-order valence-electron chi connectivity index (χ4n) is 1.62. The Balaban J connectivity index is 2.75. The fourth-order valence-corrected chi connectivity index (χ4v) is 2.28. The molecule has 20 heavy (non-hydrogen) atoms. The molecule has 0 unspecified atom stereocenters. The zero-order valence-corrected chi connectivity index (χ0v) is 12.1. The zero-order valence-electron chi connectivity index (χ0n) is 11.3. The van der Waals surface area contributed by atoms with Crippen LogP contribution in [0.5, 0.6) is 0 Å². The van der Waals surface area contributed by atoms with Gasteiger partial charge in [-0.15, -0.1) is 0 Å². The number of hydrogen-bond acceptors (Lipinski definition) is 4. The van der Waals surface area contributed by atoms with Crippen LogP contribution < -0.4 is 5.32 Å². The van der Waals surface area contributed by atoms with E-state index in [2.05, 4.69) is 5.32 Å². The number of carboxylic acid groups (broad SMARTS) is 1. The van der Waals surface area contributed by atoms with Crippen LogP contribution in [0.25, 0.3) is 0 Å². The number of amides is 1. The first kappa shape index (κ1) is 16.2. The van der Waals surface area contributed by atoms with E-state index < -0.39 is 27.8 Å². The van der Waals surface area contributed by atoms with Gasteiger partial charge in [-0.3, -0.25) is 4.79 Å². The molecule has 1 aromatic carbocycles. The molecule has 0 bridgehead atoms. The Morgan fingerprint density at radius 2 is 2.00 bits per heavy atom. The van der Waals surface area contributed by atoms with E-state index in [4.69, 9.17) is 5.11 Å². The maximum Gasteiger partial charge on any atom is 0.326 e. The third-order valence-electron chi connectivity index (χ3n) is 2.66. The molecule has 1 atom stereocenters. The summed E-state index contributed by atoms with van der Waals surface area (Å²) in [5.41, 5.74) is 1.22. The van der Waals surface area contributed by atoms with Gasteiger partial charge in [-0.25, -0.2) is 13.2 Å². The van der Waals surface area contributed by atoms with Gasteiger partial charge in [0.05, 0.1) is 5.75 Å². The molecule has 0 aliphatic rings. The highest BCUT2D eigenvalue weighted by molar-refractivity contribution is 7.90. The van der Waals surface area contributed by atoms with Gasteiger partial charge in [0.2, 0.25) is 0 Å². The molecule has 0 heterocycles. The SMILES string of the molecule is Cc1cccc(C(=O)N[C@H](CCS(C)(=O)=O)C(=O)O)c1. The number of carbonyl (C=O) groups excluding carboxylic acids is 1. The van der Waals surface area contributed by atoms with E-state index in [0.29, 0.717) is 5.56 Å². The van der Waals surface area contributed by atoms with Gasteiger partial charge >= 0.3 is 5.97 Å². The van der Waals surface area contributed by atoms with Crippen LogP contribution in [0.4, 0.5) is 0 Å². The van der Waals surface area contributed by atoms with Crippen molar-refractivity contribution in [3.05, 3.63) is 35.4 Å². The molecular weight excluding hydrogens is 282 g/mol. The van der Waals surface area contributed by atoms with E-state index in [-0.39, 0.29) is 12.2 Å². The van der Waals surface area contributed by atoms with E-state index >= 15 is 0 Å². The largest absolute Gasteiger partial charge is 0.480 e. The minimum Gasteiger partial charge on any atom is -0.480 e. The number of rotatable bonds is 6. The molecule has 0 saturated carbocycles. The summed E-state index contributed by atoms with van der Waals surface area (Å²) in [4.78, 5) is 23.0. The highest BCUT2D eigenvalue weighted by atomic mass is 32.2. The maximum absolute atomic E-state index is 11.9. The number of carbonyl (C=O) groups is 2. The van der Waals surface area contributed by atoms with E-state index in [9.17, 15) is 18.0 Å². The van der Waals surface area contributed by atoms with E-state index in [1.54, 1.807) is 18.2 Å². The van der Waals surface area contributed by atoms with E-state index in [1.807, 2.05) is 13.0 Å². The Labute approximate surface area is 117 Å². The lowest BCUT2D eigenvalue weighted by molar-refractivity contribution is -0.139. The van der Waals surface area contributed by atoms with Gasteiger partial charge in [-0.1, -0.05) is 17.7 Å². The number of sulfone groups is 1. The van der Waals surface area contributed by atoms with Crippen LogP contribution in [0.1, 0.15) is 22.3 Å². The highest BCUT2D eigenvalue weighted by Crippen LogP contribution is 2.05. The summed E-state index contributed by atoms with van der Waals surface area (Å²) in [5.74, 6) is -2.08. The topological polar surface area (TPSA) is 101 Å². The van der Waals surface area contributed by atoms with Gasteiger partial charge in [0.1, 0.15) is 15.9 Å². The van der Waals surface area contributed by atoms with Crippen molar-refractivity contribution in [1.29, 1.82) is 0 Å². The number of hydrogen-bond donors (Lipinski definition) is 2. The fraction of sp³-hybridized carbons (Fsp3) is 0.385. The number of aryl methyl sites for hydroxylation is 1. The maximum atomic E-state index is 11.9. The first-order valence-electron chi connectivity index (χ1n) is 5.97. The molecular formula is C13H17NO5S. The smallest absolute Gasteiger partial charge is 0.326 e. The summed E-state index contributed by atoms with van der Waals surface area (Å²) in [6, 6.07) is 5.48. The minimum atomic E-state index is -3.27. The van der Waals surface area contributed by atoms with Crippen molar-refractivity contribution in [2.24, 2.45) is 0 Å². The summed E-state index contributed by atoms with van der Waals surface area (Å²) in [5, 5.41) is 11.3. The molecule has 2 N–H and O–H groups in total. The Hall–Kier alpha value is -1.89. The van der Waals surface area contributed by atoms with Crippen molar-refractivity contribution in [3.63, 3.8) is 0 Å². The second kappa shape index (κ2) is 6.51.